The predicted molar refractivity (Wildman–Crippen MR) is 94.3 cm³/mol. The molecule has 0 aliphatic rings. The van der Waals surface area contributed by atoms with Crippen molar-refractivity contribution in [1.29, 1.82) is 5.26 Å². The van der Waals surface area contributed by atoms with Crippen LogP contribution in [0.1, 0.15) is 35.1 Å². The molecule has 5 heteroatoms. The summed E-state index contributed by atoms with van der Waals surface area (Å²) in [6.45, 7) is 0.423. The van der Waals surface area contributed by atoms with Crippen LogP contribution in [-0.4, -0.2) is 35.8 Å². The summed E-state index contributed by atoms with van der Waals surface area (Å²) in [4.78, 5) is 2.02. The van der Waals surface area contributed by atoms with Crippen molar-refractivity contribution in [3.63, 3.8) is 0 Å². The van der Waals surface area contributed by atoms with E-state index in [2.05, 4.69) is 6.07 Å². The molecular formula is C20H23FN2O2. The maximum Gasteiger partial charge on any atom is 0.123 e. The van der Waals surface area contributed by atoms with Gasteiger partial charge in [0, 0.05) is 5.56 Å². The topological polar surface area (TPSA) is 67.5 Å². The lowest BCUT2D eigenvalue weighted by molar-refractivity contribution is 0.0640. The number of aliphatic hydroxyl groups excluding tert-OH is 1. The lowest BCUT2D eigenvalue weighted by atomic mass is 9.79. The van der Waals surface area contributed by atoms with Gasteiger partial charge in [-0.1, -0.05) is 24.3 Å². The Hall–Kier alpha value is -2.26. The molecule has 0 bridgehead atoms. The van der Waals surface area contributed by atoms with Crippen LogP contribution in [0.2, 0.25) is 0 Å². The molecule has 0 saturated carbocycles. The van der Waals surface area contributed by atoms with Crippen LogP contribution in [0.3, 0.4) is 0 Å². The van der Waals surface area contributed by atoms with Gasteiger partial charge in [0.05, 0.1) is 18.2 Å². The molecule has 0 aliphatic heterocycles. The maximum atomic E-state index is 13.3. The van der Waals surface area contributed by atoms with Gasteiger partial charge in [-0.05, 0) is 62.8 Å². The van der Waals surface area contributed by atoms with Gasteiger partial charge >= 0.3 is 0 Å². The monoisotopic (exact) mass is 342 g/mol. The minimum atomic E-state index is -1.41. The third kappa shape index (κ3) is 4.23. The van der Waals surface area contributed by atoms with Crippen molar-refractivity contribution in [3.8, 4) is 6.07 Å². The standard InChI is InChI=1S/C20H23FN2O2/c1-23(2)12-4-11-20(25,16-7-9-17(21)10-8-16)19-6-3-5-15(13-22)18(19)14-24/h3,5-10,24-25H,4,11-12,14H2,1-2H3. The zero-order valence-corrected chi connectivity index (χ0v) is 14.5. The fraction of sp³-hybridized carbons (Fsp3) is 0.350. The van der Waals surface area contributed by atoms with Gasteiger partial charge < -0.3 is 15.1 Å². The number of nitriles is 1. The lowest BCUT2D eigenvalue weighted by Gasteiger charge is -2.32. The summed E-state index contributed by atoms with van der Waals surface area (Å²) in [5.41, 5.74) is 0.348. The second-order valence-corrected chi connectivity index (χ2v) is 6.38. The minimum absolute atomic E-state index is 0.327. The van der Waals surface area contributed by atoms with Crippen LogP contribution in [0.15, 0.2) is 42.5 Å². The Labute approximate surface area is 147 Å². The number of hydrogen-bond donors (Lipinski definition) is 2. The molecule has 0 aromatic heterocycles. The third-order valence-corrected chi connectivity index (χ3v) is 4.37. The Morgan fingerprint density at radius 3 is 2.40 bits per heavy atom. The van der Waals surface area contributed by atoms with Gasteiger partial charge in [-0.25, -0.2) is 4.39 Å². The number of rotatable bonds is 7. The largest absolute Gasteiger partial charge is 0.392 e. The number of aliphatic hydroxyl groups is 2. The highest BCUT2D eigenvalue weighted by Gasteiger charge is 2.34. The zero-order chi connectivity index (χ0) is 18.4. The fourth-order valence-electron chi connectivity index (χ4n) is 3.06. The lowest BCUT2D eigenvalue weighted by Crippen LogP contribution is -2.30. The summed E-state index contributed by atoms with van der Waals surface area (Å²) in [5, 5.41) is 30.6. The molecule has 132 valence electrons. The molecule has 25 heavy (non-hydrogen) atoms. The van der Waals surface area contributed by atoms with E-state index in [-0.39, 0.29) is 12.4 Å². The fourth-order valence-corrected chi connectivity index (χ4v) is 3.06. The van der Waals surface area contributed by atoms with Crippen LogP contribution in [0.4, 0.5) is 4.39 Å². The molecule has 0 radical (unpaired) electrons. The quantitative estimate of drug-likeness (QED) is 0.812. The van der Waals surface area contributed by atoms with E-state index in [0.717, 1.165) is 6.54 Å². The second kappa shape index (κ2) is 8.21. The molecule has 0 fully saturated rings. The molecule has 0 amide bonds. The van der Waals surface area contributed by atoms with Crippen LogP contribution in [0.5, 0.6) is 0 Å². The van der Waals surface area contributed by atoms with Crippen molar-refractivity contribution in [2.45, 2.75) is 25.0 Å². The van der Waals surface area contributed by atoms with Gasteiger partial charge in [0.2, 0.25) is 0 Å². The first kappa shape index (κ1) is 19.1. The maximum absolute atomic E-state index is 13.3. The molecule has 4 nitrogen and oxygen atoms in total. The van der Waals surface area contributed by atoms with Gasteiger partial charge in [0.15, 0.2) is 0 Å². The van der Waals surface area contributed by atoms with Gasteiger partial charge in [-0.2, -0.15) is 5.26 Å². The molecule has 1 unspecified atom stereocenters. The first-order valence-electron chi connectivity index (χ1n) is 8.19. The SMILES string of the molecule is CN(C)CCCC(O)(c1ccc(F)cc1)c1cccc(C#N)c1CO. The molecule has 0 saturated heterocycles. The molecule has 1 atom stereocenters. The second-order valence-electron chi connectivity index (χ2n) is 6.38. The normalized spacial score (nSPS) is 13.5. The molecule has 0 heterocycles. The molecule has 0 aliphatic carbocycles. The van der Waals surface area contributed by atoms with Gasteiger partial charge in [0.25, 0.3) is 0 Å². The van der Waals surface area contributed by atoms with E-state index in [4.69, 9.17) is 0 Å². The highest BCUT2D eigenvalue weighted by atomic mass is 19.1. The Morgan fingerprint density at radius 2 is 1.84 bits per heavy atom. The average Bonchev–Trinajstić information content (AvgIpc) is 2.60. The van der Waals surface area contributed by atoms with E-state index in [9.17, 15) is 19.9 Å². The van der Waals surface area contributed by atoms with Crippen LogP contribution in [0, 0.1) is 17.1 Å². The third-order valence-electron chi connectivity index (χ3n) is 4.37. The van der Waals surface area contributed by atoms with E-state index in [1.54, 1.807) is 30.3 Å². The van der Waals surface area contributed by atoms with Crippen LogP contribution >= 0.6 is 0 Å². The summed E-state index contributed by atoms with van der Waals surface area (Å²) in [6, 6.07) is 12.8. The van der Waals surface area contributed by atoms with E-state index in [1.807, 2.05) is 19.0 Å². The van der Waals surface area contributed by atoms with E-state index >= 15 is 0 Å². The summed E-state index contributed by atoms with van der Waals surface area (Å²) in [7, 11) is 3.90. The number of nitrogens with zero attached hydrogens (tertiary/aromatic N) is 2. The van der Waals surface area contributed by atoms with E-state index < -0.39 is 5.60 Å². The number of benzene rings is 2. The van der Waals surface area contributed by atoms with Crippen molar-refractivity contribution < 1.29 is 14.6 Å². The molecule has 2 aromatic carbocycles. The van der Waals surface area contributed by atoms with E-state index in [1.165, 1.54) is 12.1 Å². The Bertz CT molecular complexity index is 753. The van der Waals surface area contributed by atoms with Crippen molar-refractivity contribution in [1.82, 2.24) is 4.90 Å². The number of halogens is 1. The highest BCUT2D eigenvalue weighted by Crippen LogP contribution is 2.37. The van der Waals surface area contributed by atoms with Crippen LogP contribution in [-0.2, 0) is 12.2 Å². The van der Waals surface area contributed by atoms with Crippen LogP contribution in [0.25, 0.3) is 0 Å². The summed E-state index contributed by atoms with van der Waals surface area (Å²) < 4.78 is 13.3. The van der Waals surface area contributed by atoms with Crippen molar-refractivity contribution in [2.75, 3.05) is 20.6 Å². The Morgan fingerprint density at radius 1 is 1.16 bits per heavy atom. The summed E-state index contributed by atoms with van der Waals surface area (Å²) >= 11 is 0. The Balaban J connectivity index is 2.55. The van der Waals surface area contributed by atoms with Gasteiger partial charge in [-0.3, -0.25) is 0 Å². The predicted octanol–water partition coefficient (Wildman–Crippen LogP) is 2.77. The Kier molecular flexibility index (Phi) is 6.27. The van der Waals surface area contributed by atoms with Crippen molar-refractivity contribution in [2.24, 2.45) is 0 Å². The summed E-state index contributed by atoms with van der Waals surface area (Å²) in [5.74, 6) is -0.382. The van der Waals surface area contributed by atoms with E-state index in [0.29, 0.717) is 35.1 Å². The first-order chi connectivity index (χ1) is 11.9. The average molecular weight is 342 g/mol. The first-order valence-corrected chi connectivity index (χ1v) is 8.19. The molecule has 0 spiro atoms. The molecule has 2 N–H and O–H groups in total. The molecular weight excluding hydrogens is 319 g/mol. The van der Waals surface area contributed by atoms with Crippen molar-refractivity contribution in [3.05, 3.63) is 70.5 Å². The minimum Gasteiger partial charge on any atom is -0.392 e. The smallest absolute Gasteiger partial charge is 0.123 e. The van der Waals surface area contributed by atoms with Crippen LogP contribution < -0.4 is 0 Å². The van der Waals surface area contributed by atoms with Gasteiger partial charge in [0.1, 0.15) is 11.4 Å². The van der Waals surface area contributed by atoms with Crippen molar-refractivity contribution >= 4 is 0 Å². The molecule has 2 aromatic rings. The molecule has 2 rings (SSSR count). The highest BCUT2D eigenvalue weighted by molar-refractivity contribution is 5.48. The van der Waals surface area contributed by atoms with Gasteiger partial charge in [-0.15, -0.1) is 0 Å². The zero-order valence-electron chi connectivity index (χ0n) is 14.5. The number of hydrogen-bond acceptors (Lipinski definition) is 4. The summed E-state index contributed by atoms with van der Waals surface area (Å²) in [6.07, 6.45) is 1.08.